The molecule has 0 fully saturated rings. The summed E-state index contributed by atoms with van der Waals surface area (Å²) in [4.78, 5) is 4.40. The first-order chi connectivity index (χ1) is 9.19. The van der Waals surface area contributed by atoms with E-state index in [9.17, 15) is 4.39 Å². The Morgan fingerprint density at radius 2 is 2.05 bits per heavy atom. The molecule has 1 aromatic carbocycles. The molecular formula is C15H14FN3. The maximum absolute atomic E-state index is 13.2. The number of pyridine rings is 1. The number of rotatable bonds is 2. The lowest BCUT2D eigenvalue weighted by molar-refractivity contribution is 0.629. The van der Waals surface area contributed by atoms with Gasteiger partial charge in [0.1, 0.15) is 5.82 Å². The van der Waals surface area contributed by atoms with E-state index in [1.807, 2.05) is 29.8 Å². The maximum Gasteiger partial charge on any atom is 0.123 e. The zero-order valence-corrected chi connectivity index (χ0v) is 10.6. The zero-order chi connectivity index (χ0) is 13.4. The Balaban J connectivity index is 2.15. The molecule has 0 saturated heterocycles. The van der Waals surface area contributed by atoms with Crippen molar-refractivity contribution < 1.29 is 4.39 Å². The fourth-order valence-electron chi connectivity index (χ4n) is 2.26. The van der Waals surface area contributed by atoms with Gasteiger partial charge in [-0.05, 0) is 35.9 Å². The Morgan fingerprint density at radius 1 is 1.21 bits per heavy atom. The first-order valence-electron chi connectivity index (χ1n) is 6.09. The molecule has 2 aromatic heterocycles. The molecule has 0 atom stereocenters. The van der Waals surface area contributed by atoms with Gasteiger partial charge in [0.15, 0.2) is 0 Å². The van der Waals surface area contributed by atoms with Crippen LogP contribution in [0.3, 0.4) is 0 Å². The molecule has 0 aliphatic rings. The minimum Gasteiger partial charge on any atom is -0.342 e. The van der Waals surface area contributed by atoms with E-state index >= 15 is 0 Å². The standard InChI is InChI=1S/C15H14FN3/c1-19-14-5-3-12(16)6-11(14)7-15(19)13-4-2-10(8-17)9-18-13/h2-7,9H,8,17H2,1H3. The average molecular weight is 255 g/mol. The number of halogens is 1. The van der Waals surface area contributed by atoms with Crippen LogP contribution < -0.4 is 5.73 Å². The zero-order valence-electron chi connectivity index (χ0n) is 10.6. The molecule has 2 heterocycles. The topological polar surface area (TPSA) is 43.8 Å². The molecule has 2 N–H and O–H groups in total. The number of hydrogen-bond acceptors (Lipinski definition) is 2. The molecule has 4 heteroatoms. The van der Waals surface area contributed by atoms with Crippen molar-refractivity contribution in [2.24, 2.45) is 12.8 Å². The monoisotopic (exact) mass is 255 g/mol. The second-order valence-electron chi connectivity index (χ2n) is 4.55. The molecule has 3 aromatic rings. The largest absolute Gasteiger partial charge is 0.342 e. The Bertz CT molecular complexity index is 729. The Morgan fingerprint density at radius 3 is 2.74 bits per heavy atom. The van der Waals surface area contributed by atoms with E-state index in [4.69, 9.17) is 5.73 Å². The highest BCUT2D eigenvalue weighted by molar-refractivity contribution is 5.86. The molecule has 3 rings (SSSR count). The lowest BCUT2D eigenvalue weighted by Crippen LogP contribution is -1.98. The number of benzene rings is 1. The summed E-state index contributed by atoms with van der Waals surface area (Å²) in [7, 11) is 1.95. The van der Waals surface area contributed by atoms with Gasteiger partial charge in [0.25, 0.3) is 0 Å². The van der Waals surface area contributed by atoms with Gasteiger partial charge in [-0.25, -0.2) is 4.39 Å². The van der Waals surface area contributed by atoms with E-state index in [0.29, 0.717) is 6.54 Å². The minimum absolute atomic E-state index is 0.226. The van der Waals surface area contributed by atoms with Gasteiger partial charge in [0.2, 0.25) is 0 Å². The van der Waals surface area contributed by atoms with E-state index in [1.54, 1.807) is 12.3 Å². The fourth-order valence-corrected chi connectivity index (χ4v) is 2.26. The van der Waals surface area contributed by atoms with Crippen molar-refractivity contribution in [1.29, 1.82) is 0 Å². The summed E-state index contributed by atoms with van der Waals surface area (Å²) < 4.78 is 15.3. The number of nitrogens with zero attached hydrogens (tertiary/aromatic N) is 2. The van der Waals surface area contributed by atoms with Crippen molar-refractivity contribution in [1.82, 2.24) is 9.55 Å². The molecule has 0 aliphatic heterocycles. The Kier molecular flexibility index (Phi) is 2.80. The van der Waals surface area contributed by atoms with Crippen LogP contribution >= 0.6 is 0 Å². The molecule has 0 amide bonds. The van der Waals surface area contributed by atoms with Crippen LogP contribution in [0.15, 0.2) is 42.6 Å². The smallest absolute Gasteiger partial charge is 0.123 e. The summed E-state index contributed by atoms with van der Waals surface area (Å²) in [5.41, 5.74) is 9.36. The van der Waals surface area contributed by atoms with Crippen molar-refractivity contribution in [3.63, 3.8) is 0 Å². The van der Waals surface area contributed by atoms with Crippen LogP contribution in [-0.2, 0) is 13.6 Å². The highest BCUT2D eigenvalue weighted by Crippen LogP contribution is 2.26. The summed E-state index contributed by atoms with van der Waals surface area (Å²) in [6, 6.07) is 10.6. The van der Waals surface area contributed by atoms with Crippen molar-refractivity contribution in [2.45, 2.75) is 6.54 Å². The molecule has 19 heavy (non-hydrogen) atoms. The highest BCUT2D eigenvalue weighted by Gasteiger charge is 2.09. The van der Waals surface area contributed by atoms with Crippen LogP contribution in [0.4, 0.5) is 4.39 Å². The summed E-state index contributed by atoms with van der Waals surface area (Å²) in [6.45, 7) is 0.480. The van der Waals surface area contributed by atoms with Crippen LogP contribution in [0.2, 0.25) is 0 Å². The molecule has 0 radical (unpaired) electrons. The molecule has 0 spiro atoms. The van der Waals surface area contributed by atoms with Gasteiger partial charge in [-0.15, -0.1) is 0 Å². The predicted octanol–water partition coefficient (Wildman–Crippen LogP) is 2.84. The number of aryl methyl sites for hydroxylation is 1. The molecule has 0 saturated carbocycles. The number of nitrogens with two attached hydrogens (primary N) is 1. The quantitative estimate of drug-likeness (QED) is 0.765. The maximum atomic E-state index is 13.2. The van der Waals surface area contributed by atoms with E-state index in [2.05, 4.69) is 4.98 Å². The van der Waals surface area contributed by atoms with Gasteiger partial charge in [-0.1, -0.05) is 6.07 Å². The third kappa shape index (κ3) is 2.00. The molecule has 96 valence electrons. The predicted molar refractivity (Wildman–Crippen MR) is 74.0 cm³/mol. The molecule has 0 bridgehead atoms. The van der Waals surface area contributed by atoms with Gasteiger partial charge in [-0.2, -0.15) is 0 Å². The second kappa shape index (κ2) is 4.48. The summed E-state index contributed by atoms with van der Waals surface area (Å²) in [5.74, 6) is -0.226. The van der Waals surface area contributed by atoms with Gasteiger partial charge in [0.05, 0.1) is 11.4 Å². The first-order valence-corrected chi connectivity index (χ1v) is 6.09. The summed E-state index contributed by atoms with van der Waals surface area (Å²) >= 11 is 0. The van der Waals surface area contributed by atoms with Crippen molar-refractivity contribution in [2.75, 3.05) is 0 Å². The van der Waals surface area contributed by atoms with Gasteiger partial charge < -0.3 is 10.3 Å². The molecule has 0 aliphatic carbocycles. The molecule has 0 unspecified atom stereocenters. The average Bonchev–Trinajstić information content (AvgIpc) is 2.75. The van der Waals surface area contributed by atoms with Crippen molar-refractivity contribution in [3.8, 4) is 11.4 Å². The van der Waals surface area contributed by atoms with Crippen LogP contribution in [-0.4, -0.2) is 9.55 Å². The van der Waals surface area contributed by atoms with E-state index in [1.165, 1.54) is 12.1 Å². The van der Waals surface area contributed by atoms with Gasteiger partial charge in [-0.3, -0.25) is 4.98 Å². The van der Waals surface area contributed by atoms with E-state index < -0.39 is 0 Å². The Labute approximate surface area is 110 Å². The fraction of sp³-hybridized carbons (Fsp3) is 0.133. The minimum atomic E-state index is -0.226. The molecular weight excluding hydrogens is 241 g/mol. The molecule has 3 nitrogen and oxygen atoms in total. The number of hydrogen-bond donors (Lipinski definition) is 1. The highest BCUT2D eigenvalue weighted by atomic mass is 19.1. The summed E-state index contributed by atoms with van der Waals surface area (Å²) in [6.07, 6.45) is 1.77. The second-order valence-corrected chi connectivity index (χ2v) is 4.55. The third-order valence-corrected chi connectivity index (χ3v) is 3.33. The van der Waals surface area contributed by atoms with Crippen LogP contribution in [0.25, 0.3) is 22.3 Å². The van der Waals surface area contributed by atoms with Crippen LogP contribution in [0.5, 0.6) is 0 Å². The first kappa shape index (κ1) is 11.9. The van der Waals surface area contributed by atoms with Crippen molar-refractivity contribution in [3.05, 3.63) is 54.0 Å². The SMILES string of the molecule is Cn1c(-c2ccc(CN)cn2)cc2cc(F)ccc21. The lowest BCUT2D eigenvalue weighted by Gasteiger charge is -2.04. The van der Waals surface area contributed by atoms with E-state index in [0.717, 1.165) is 27.9 Å². The van der Waals surface area contributed by atoms with Crippen LogP contribution in [0.1, 0.15) is 5.56 Å². The Hall–Kier alpha value is -2.20. The van der Waals surface area contributed by atoms with Crippen molar-refractivity contribution >= 4 is 10.9 Å². The normalized spacial score (nSPS) is 11.1. The third-order valence-electron chi connectivity index (χ3n) is 3.33. The van der Waals surface area contributed by atoms with Crippen LogP contribution in [0, 0.1) is 5.82 Å². The number of aromatic nitrogens is 2. The summed E-state index contributed by atoms with van der Waals surface area (Å²) in [5, 5.41) is 0.877. The van der Waals surface area contributed by atoms with E-state index in [-0.39, 0.29) is 5.82 Å². The lowest BCUT2D eigenvalue weighted by atomic mass is 10.2. The van der Waals surface area contributed by atoms with Gasteiger partial charge >= 0.3 is 0 Å². The number of fused-ring (bicyclic) bond motifs is 1. The van der Waals surface area contributed by atoms with Gasteiger partial charge in [0, 0.05) is 30.7 Å².